The number of hydrogen-bond acceptors (Lipinski definition) is 15. The molecule has 3 aromatic carbocycles. The lowest BCUT2D eigenvalue weighted by Crippen LogP contribution is -2.48. The summed E-state index contributed by atoms with van der Waals surface area (Å²) in [5.41, 5.74) is 3.88. The molecule has 2 aliphatic rings. The average Bonchev–Trinajstić information content (AvgIpc) is 4.17. The van der Waals surface area contributed by atoms with Crippen LogP contribution in [0.5, 0.6) is 17.4 Å². The van der Waals surface area contributed by atoms with E-state index in [4.69, 9.17) is 35.3 Å². The van der Waals surface area contributed by atoms with Gasteiger partial charge in [0.05, 0.1) is 26.4 Å². The van der Waals surface area contributed by atoms with Crippen LogP contribution in [0.15, 0.2) is 78.5 Å². The number of aromatic nitrogens is 1. The largest absolute Gasteiger partial charge is 0.514 e. The number of carbonyl (C=O) groups is 3. The summed E-state index contributed by atoms with van der Waals surface area (Å²) >= 11 is 5.92. The number of aryl methyl sites for hydroxylation is 1. The van der Waals surface area contributed by atoms with Crippen molar-refractivity contribution in [2.24, 2.45) is 5.41 Å². The van der Waals surface area contributed by atoms with Crippen molar-refractivity contribution >= 4 is 35.3 Å². The minimum absolute atomic E-state index is 0.0116. The molecule has 4 aromatic rings. The van der Waals surface area contributed by atoms with Crippen molar-refractivity contribution in [2.75, 3.05) is 39.5 Å². The van der Waals surface area contributed by atoms with Crippen LogP contribution in [0.25, 0.3) is 5.57 Å². The summed E-state index contributed by atoms with van der Waals surface area (Å²) in [5, 5.41) is 18.9. The number of benzene rings is 3. The molecule has 19 nitrogen and oxygen atoms in total. The molecule has 1 unspecified atom stereocenters. The number of unbranched alkanes of at least 4 members (excludes halogenated alkanes) is 1. The van der Waals surface area contributed by atoms with Crippen LogP contribution in [-0.4, -0.2) is 94.8 Å². The summed E-state index contributed by atoms with van der Waals surface area (Å²) < 4.78 is 55.9. The van der Waals surface area contributed by atoms with Gasteiger partial charge in [0.2, 0.25) is 5.88 Å². The number of hydrogen-bond donors (Lipinski definition) is 0. The van der Waals surface area contributed by atoms with Gasteiger partial charge in [0.1, 0.15) is 35.9 Å². The second-order valence-electron chi connectivity index (χ2n) is 17.6. The molecule has 1 aromatic heterocycles. The Morgan fingerprint density at radius 3 is 2.35 bits per heavy atom. The van der Waals surface area contributed by atoms with E-state index in [1.807, 2.05) is 38.1 Å². The van der Waals surface area contributed by atoms with Gasteiger partial charge in [-0.25, -0.2) is 23.4 Å². The lowest BCUT2D eigenvalue weighted by molar-refractivity contribution is -0.763. The van der Waals surface area contributed by atoms with E-state index in [2.05, 4.69) is 14.7 Å². The SMILES string of the molecule is Cc1c(CN(C(=O)C2=C(c3ccc(CCCOc4c(F)ccc(F)c4Cl)cc3)C(C)(C)CN(C(=O)OCCCCO[N+](=O)[O-])C2)C2CC2)ccnc1OCC(C)OC(=O)Oc1cccc(CO[N+](=O)[O-])c1. The molecule has 2 heterocycles. The Bertz CT molecular complexity index is 2600. The van der Waals surface area contributed by atoms with Crippen molar-refractivity contribution in [3.8, 4) is 17.4 Å². The number of carbonyl (C=O) groups excluding carboxylic acids is 3. The lowest BCUT2D eigenvalue weighted by Gasteiger charge is -2.42. The van der Waals surface area contributed by atoms with E-state index in [1.54, 1.807) is 43.1 Å². The molecule has 0 saturated heterocycles. The van der Waals surface area contributed by atoms with Crippen LogP contribution in [0.4, 0.5) is 18.4 Å². The monoisotopic (exact) mass is 1010 g/mol. The van der Waals surface area contributed by atoms with Gasteiger partial charge in [-0.2, -0.15) is 0 Å². The summed E-state index contributed by atoms with van der Waals surface area (Å²) in [4.78, 5) is 78.9. The normalized spacial score (nSPS) is 14.5. The Kier molecular flexibility index (Phi) is 18.3. The van der Waals surface area contributed by atoms with Crippen LogP contribution < -0.4 is 14.2 Å². The van der Waals surface area contributed by atoms with Gasteiger partial charge in [0.15, 0.2) is 11.6 Å². The second kappa shape index (κ2) is 24.5. The van der Waals surface area contributed by atoms with E-state index in [1.165, 1.54) is 17.0 Å². The Morgan fingerprint density at radius 2 is 1.63 bits per heavy atom. The molecular weight excluding hydrogens is 956 g/mol. The summed E-state index contributed by atoms with van der Waals surface area (Å²) in [6, 6.07) is 17.3. The zero-order valence-corrected chi connectivity index (χ0v) is 40.3. The molecule has 1 fully saturated rings. The number of amides is 2. The third kappa shape index (κ3) is 15.1. The van der Waals surface area contributed by atoms with Gasteiger partial charge in [-0.1, -0.05) is 61.8 Å². The van der Waals surface area contributed by atoms with Crippen LogP contribution in [-0.2, 0) is 43.5 Å². The van der Waals surface area contributed by atoms with Crippen molar-refractivity contribution in [1.29, 1.82) is 0 Å². The minimum atomic E-state index is -1.03. The van der Waals surface area contributed by atoms with Gasteiger partial charge in [-0.05, 0) is 111 Å². The lowest BCUT2D eigenvalue weighted by atomic mass is 9.74. The molecule has 71 heavy (non-hydrogen) atoms. The molecule has 22 heteroatoms. The van der Waals surface area contributed by atoms with Crippen molar-refractivity contribution in [3.63, 3.8) is 0 Å². The van der Waals surface area contributed by atoms with Crippen molar-refractivity contribution in [2.45, 2.75) is 91.5 Å². The highest BCUT2D eigenvalue weighted by atomic mass is 35.5. The summed E-state index contributed by atoms with van der Waals surface area (Å²) in [7, 11) is 0. The van der Waals surface area contributed by atoms with Crippen molar-refractivity contribution < 1.29 is 66.7 Å². The van der Waals surface area contributed by atoms with E-state index >= 15 is 4.79 Å². The first-order chi connectivity index (χ1) is 33.9. The Labute approximate surface area is 412 Å². The van der Waals surface area contributed by atoms with Crippen molar-refractivity contribution in [1.82, 2.24) is 14.8 Å². The quantitative estimate of drug-likeness (QED) is 0.0159. The van der Waals surface area contributed by atoms with Crippen LogP contribution in [0, 0.1) is 44.2 Å². The first-order valence-electron chi connectivity index (χ1n) is 22.8. The van der Waals surface area contributed by atoms with Crippen molar-refractivity contribution in [3.05, 3.63) is 143 Å². The molecule has 1 aliphatic heterocycles. The third-order valence-corrected chi connectivity index (χ3v) is 11.9. The van der Waals surface area contributed by atoms with Gasteiger partial charge < -0.3 is 43.2 Å². The molecule has 1 aliphatic carbocycles. The van der Waals surface area contributed by atoms with E-state index in [0.29, 0.717) is 42.4 Å². The third-order valence-electron chi connectivity index (χ3n) is 11.5. The standard InChI is InChI=1S/C49H54ClF2N5O14/c1-31(70-48(60)71-38-11-7-9-34(25-38)29-69-57(63)64)28-67-45-32(2)36(20-21-53-45)26-55(37-16-17-37)46(58)39-27-54(47(59)66-22-5-6-24-68-56(61)62)30-49(3,4)42(39)35-14-12-33(13-15-35)10-8-23-65-44-41(52)19-18-40(51)43(44)50/h7,9,11-15,18-21,25,31,37H,5-6,8,10,16-17,22-24,26-30H2,1-4H3. The Morgan fingerprint density at radius 1 is 0.915 bits per heavy atom. The maximum Gasteiger partial charge on any atom is 0.514 e. The second-order valence-corrected chi connectivity index (χ2v) is 18.0. The number of halogens is 3. The molecule has 6 rings (SSSR count). The predicted octanol–water partition coefficient (Wildman–Crippen LogP) is 9.44. The molecule has 0 bridgehead atoms. The van der Waals surface area contributed by atoms with Crippen LogP contribution in [0.2, 0.25) is 5.02 Å². The van der Waals surface area contributed by atoms with E-state index in [-0.39, 0.29) is 82.0 Å². The fraction of sp³-hybridized carbons (Fsp3) is 0.429. The Hall–Kier alpha value is -7.29. The maximum atomic E-state index is 15.2. The zero-order chi connectivity index (χ0) is 51.2. The summed E-state index contributed by atoms with van der Waals surface area (Å²) in [6.45, 7) is 7.12. The molecule has 1 saturated carbocycles. The summed E-state index contributed by atoms with van der Waals surface area (Å²) in [6.07, 6.45) is 2.23. The van der Waals surface area contributed by atoms with Crippen LogP contribution in [0.3, 0.4) is 0 Å². The molecule has 2 amide bonds. The average molecular weight is 1010 g/mol. The van der Waals surface area contributed by atoms with Gasteiger partial charge in [0.25, 0.3) is 16.1 Å². The fourth-order valence-corrected chi connectivity index (χ4v) is 8.21. The number of pyridine rings is 1. The molecule has 380 valence electrons. The van der Waals surface area contributed by atoms with E-state index in [9.17, 15) is 38.6 Å². The molecule has 0 radical (unpaired) electrons. The number of rotatable bonds is 24. The van der Waals surface area contributed by atoms with Crippen LogP contribution in [0.1, 0.15) is 80.7 Å². The van der Waals surface area contributed by atoms with Gasteiger partial charge >= 0.3 is 12.2 Å². The highest BCUT2D eigenvalue weighted by Gasteiger charge is 2.43. The highest BCUT2D eigenvalue weighted by Crippen LogP contribution is 2.44. The number of nitrogens with zero attached hydrogens (tertiary/aromatic N) is 5. The molecule has 0 N–H and O–H groups in total. The smallest absolute Gasteiger partial charge is 0.489 e. The fourth-order valence-electron chi connectivity index (χ4n) is 8.00. The maximum absolute atomic E-state index is 15.2. The molecule has 1 atom stereocenters. The Balaban J connectivity index is 1.17. The number of ether oxygens (including phenoxy) is 5. The van der Waals surface area contributed by atoms with E-state index < -0.39 is 50.6 Å². The topological polar surface area (TPSA) is 221 Å². The zero-order valence-electron chi connectivity index (χ0n) is 39.6. The summed E-state index contributed by atoms with van der Waals surface area (Å²) in [5.74, 6) is -1.82. The van der Waals surface area contributed by atoms with E-state index in [0.717, 1.165) is 47.2 Å². The molecule has 0 spiro atoms. The molecular formula is C49H54ClF2N5O14. The highest BCUT2D eigenvalue weighted by molar-refractivity contribution is 6.32. The van der Waals surface area contributed by atoms with Gasteiger partial charge in [-0.15, -0.1) is 20.2 Å². The predicted molar refractivity (Wildman–Crippen MR) is 250 cm³/mol. The van der Waals surface area contributed by atoms with Crippen LogP contribution >= 0.6 is 11.6 Å². The first-order valence-corrected chi connectivity index (χ1v) is 23.2. The minimum Gasteiger partial charge on any atom is -0.489 e. The van der Waals surface area contributed by atoms with Gasteiger partial charge in [-0.3, -0.25) is 4.79 Å². The van der Waals surface area contributed by atoms with Gasteiger partial charge in [0, 0.05) is 41.9 Å². The first kappa shape index (κ1) is 53.1.